The average Bonchev–Trinajstić information content (AvgIpc) is 2.98. The Kier molecular flexibility index (Phi) is 5.36. The zero-order valence-corrected chi connectivity index (χ0v) is 17.6. The van der Waals surface area contributed by atoms with E-state index < -0.39 is 29.9 Å². The van der Waals surface area contributed by atoms with Gasteiger partial charge in [-0.1, -0.05) is 36.4 Å². The molecule has 1 saturated heterocycles. The van der Waals surface area contributed by atoms with E-state index in [9.17, 15) is 19.2 Å². The van der Waals surface area contributed by atoms with Crippen LogP contribution in [-0.4, -0.2) is 35.2 Å². The molecule has 0 saturated carbocycles. The maximum Gasteiger partial charge on any atom is 0.325 e. The molecule has 4 rings (SSSR count). The van der Waals surface area contributed by atoms with Gasteiger partial charge in [-0.15, -0.1) is 0 Å². The summed E-state index contributed by atoms with van der Waals surface area (Å²) in [6.45, 7) is 2.62. The maximum absolute atomic E-state index is 13.1. The minimum absolute atomic E-state index is 0.199. The Morgan fingerprint density at radius 1 is 0.906 bits per heavy atom. The Bertz CT molecular complexity index is 1240. The van der Waals surface area contributed by atoms with E-state index in [1.807, 2.05) is 36.4 Å². The molecule has 0 aromatic heterocycles. The molecule has 3 N–H and O–H groups in total. The van der Waals surface area contributed by atoms with E-state index in [4.69, 9.17) is 0 Å². The molecule has 162 valence electrons. The van der Waals surface area contributed by atoms with Gasteiger partial charge in [0, 0.05) is 18.3 Å². The first-order valence-electron chi connectivity index (χ1n) is 10.1. The molecule has 1 fully saturated rings. The van der Waals surface area contributed by atoms with Gasteiger partial charge in [0.25, 0.3) is 5.91 Å². The van der Waals surface area contributed by atoms with Crippen LogP contribution in [0.4, 0.5) is 16.2 Å². The van der Waals surface area contributed by atoms with Gasteiger partial charge in [-0.05, 0) is 53.6 Å². The minimum Gasteiger partial charge on any atom is -0.326 e. The highest BCUT2D eigenvalue weighted by Crippen LogP contribution is 2.31. The van der Waals surface area contributed by atoms with Crippen LogP contribution in [0.2, 0.25) is 0 Å². The fraction of sp³-hybridized carbons (Fsp3) is 0.167. The number of carbonyl (C=O) groups excluding carboxylic acids is 4. The molecule has 1 heterocycles. The van der Waals surface area contributed by atoms with Gasteiger partial charge in [-0.2, -0.15) is 0 Å². The van der Waals surface area contributed by atoms with Gasteiger partial charge >= 0.3 is 6.03 Å². The Morgan fingerprint density at radius 2 is 1.53 bits per heavy atom. The maximum atomic E-state index is 13.1. The van der Waals surface area contributed by atoms with E-state index in [1.165, 1.54) is 6.92 Å². The van der Waals surface area contributed by atoms with Crippen LogP contribution in [0.5, 0.6) is 0 Å². The number of carbonyl (C=O) groups is 4. The van der Waals surface area contributed by atoms with Crippen molar-refractivity contribution < 1.29 is 19.2 Å². The van der Waals surface area contributed by atoms with Crippen molar-refractivity contribution in [2.75, 3.05) is 17.2 Å². The summed E-state index contributed by atoms with van der Waals surface area (Å²) in [5.74, 6) is -1.20. The van der Waals surface area contributed by atoms with Crippen molar-refractivity contribution in [2.45, 2.75) is 19.4 Å². The fourth-order valence-electron chi connectivity index (χ4n) is 3.72. The Hall–Kier alpha value is -4.20. The largest absolute Gasteiger partial charge is 0.326 e. The van der Waals surface area contributed by atoms with E-state index in [0.717, 1.165) is 15.7 Å². The van der Waals surface area contributed by atoms with Crippen molar-refractivity contribution >= 4 is 45.9 Å². The molecular weight excluding hydrogens is 408 g/mol. The number of fused-ring (bicyclic) bond motifs is 1. The third kappa shape index (κ3) is 4.02. The first-order valence-corrected chi connectivity index (χ1v) is 10.1. The number of rotatable bonds is 5. The third-order valence-corrected chi connectivity index (χ3v) is 5.39. The highest BCUT2D eigenvalue weighted by atomic mass is 16.2. The highest BCUT2D eigenvalue weighted by molar-refractivity contribution is 6.10. The first kappa shape index (κ1) is 21.0. The van der Waals surface area contributed by atoms with Crippen LogP contribution in [0.25, 0.3) is 10.8 Å². The van der Waals surface area contributed by atoms with Crippen LogP contribution >= 0.6 is 0 Å². The molecule has 1 aliphatic rings. The van der Waals surface area contributed by atoms with Crippen molar-refractivity contribution in [3.05, 3.63) is 72.3 Å². The number of nitrogens with one attached hydrogen (secondary N) is 3. The molecule has 0 radical (unpaired) electrons. The Morgan fingerprint density at radius 3 is 2.19 bits per heavy atom. The average molecular weight is 430 g/mol. The lowest BCUT2D eigenvalue weighted by Gasteiger charge is -2.22. The second-order valence-corrected chi connectivity index (χ2v) is 7.82. The molecule has 32 heavy (non-hydrogen) atoms. The molecule has 8 heteroatoms. The summed E-state index contributed by atoms with van der Waals surface area (Å²) in [7, 11) is 0. The summed E-state index contributed by atoms with van der Waals surface area (Å²) in [5.41, 5.74) is 0.455. The number of hydrogen-bond donors (Lipinski definition) is 3. The van der Waals surface area contributed by atoms with Crippen LogP contribution in [0.3, 0.4) is 0 Å². The molecule has 0 unspecified atom stereocenters. The number of imide groups is 1. The molecule has 3 aromatic rings. The van der Waals surface area contributed by atoms with Crippen LogP contribution in [0.1, 0.15) is 19.4 Å². The molecular formula is C24H22N4O4. The minimum atomic E-state index is -1.26. The lowest BCUT2D eigenvalue weighted by molar-refractivity contribution is -0.133. The zero-order valence-electron chi connectivity index (χ0n) is 17.6. The van der Waals surface area contributed by atoms with Gasteiger partial charge in [-0.3, -0.25) is 19.3 Å². The summed E-state index contributed by atoms with van der Waals surface area (Å²) in [6, 6.07) is 19.2. The second-order valence-electron chi connectivity index (χ2n) is 7.82. The number of hydrogen-bond acceptors (Lipinski definition) is 4. The van der Waals surface area contributed by atoms with Gasteiger partial charge in [0.2, 0.25) is 11.8 Å². The SMILES string of the molecule is CC(=O)Nc1ccc(NC(=O)CN2C(=O)N[C@@](C)(c3ccc4ccccc4c3)C2=O)cc1. The van der Waals surface area contributed by atoms with Crippen molar-refractivity contribution in [1.29, 1.82) is 0 Å². The lowest BCUT2D eigenvalue weighted by atomic mass is 9.90. The van der Waals surface area contributed by atoms with Gasteiger partial charge < -0.3 is 16.0 Å². The van der Waals surface area contributed by atoms with Crippen LogP contribution in [0.15, 0.2) is 66.7 Å². The Balaban J connectivity index is 1.47. The standard InChI is InChI=1S/C24H22N4O4/c1-15(29)25-19-9-11-20(12-10-19)26-21(30)14-28-22(31)24(2,27-23(28)32)18-8-7-16-5-3-4-6-17(16)13-18/h3-13H,14H2,1-2H3,(H,25,29)(H,26,30)(H,27,32)/t24-/m0/s1. The van der Waals surface area contributed by atoms with Gasteiger partial charge in [0.05, 0.1) is 0 Å². The highest BCUT2D eigenvalue weighted by Gasteiger charge is 2.49. The summed E-state index contributed by atoms with van der Waals surface area (Å²) < 4.78 is 0. The Labute approximate surface area is 184 Å². The van der Waals surface area contributed by atoms with E-state index in [2.05, 4.69) is 16.0 Å². The van der Waals surface area contributed by atoms with E-state index in [0.29, 0.717) is 16.9 Å². The molecule has 8 nitrogen and oxygen atoms in total. The van der Waals surface area contributed by atoms with Crippen LogP contribution in [-0.2, 0) is 19.9 Å². The summed E-state index contributed by atoms with van der Waals surface area (Å²) in [5, 5.41) is 9.99. The number of nitrogens with zero attached hydrogens (tertiary/aromatic N) is 1. The van der Waals surface area contributed by atoms with Gasteiger partial charge in [0.1, 0.15) is 12.1 Å². The normalized spacial score (nSPS) is 17.9. The second kappa shape index (κ2) is 8.14. The van der Waals surface area contributed by atoms with Crippen molar-refractivity contribution in [2.24, 2.45) is 0 Å². The smallest absolute Gasteiger partial charge is 0.325 e. The van der Waals surface area contributed by atoms with E-state index in [1.54, 1.807) is 37.3 Å². The summed E-state index contributed by atoms with van der Waals surface area (Å²) in [6.07, 6.45) is 0. The molecule has 0 bridgehead atoms. The third-order valence-electron chi connectivity index (χ3n) is 5.39. The first-order chi connectivity index (χ1) is 15.3. The number of anilines is 2. The molecule has 0 spiro atoms. The molecule has 1 atom stereocenters. The lowest BCUT2D eigenvalue weighted by Crippen LogP contribution is -2.42. The zero-order chi connectivity index (χ0) is 22.9. The quantitative estimate of drug-likeness (QED) is 0.540. The summed E-state index contributed by atoms with van der Waals surface area (Å²) >= 11 is 0. The van der Waals surface area contributed by atoms with Crippen LogP contribution < -0.4 is 16.0 Å². The molecule has 1 aliphatic heterocycles. The van der Waals surface area contributed by atoms with E-state index in [-0.39, 0.29) is 5.91 Å². The number of benzene rings is 3. The number of amides is 5. The monoisotopic (exact) mass is 430 g/mol. The molecule has 3 aromatic carbocycles. The predicted molar refractivity (Wildman–Crippen MR) is 121 cm³/mol. The van der Waals surface area contributed by atoms with Crippen molar-refractivity contribution in [3.63, 3.8) is 0 Å². The summed E-state index contributed by atoms with van der Waals surface area (Å²) in [4.78, 5) is 50.2. The van der Waals surface area contributed by atoms with E-state index >= 15 is 0 Å². The van der Waals surface area contributed by atoms with Crippen molar-refractivity contribution in [1.82, 2.24) is 10.2 Å². The van der Waals surface area contributed by atoms with Gasteiger partial charge in [-0.25, -0.2) is 4.79 Å². The predicted octanol–water partition coefficient (Wildman–Crippen LogP) is 3.20. The van der Waals surface area contributed by atoms with Crippen LogP contribution in [0, 0.1) is 0 Å². The number of urea groups is 1. The molecule has 0 aliphatic carbocycles. The fourth-order valence-corrected chi connectivity index (χ4v) is 3.72. The van der Waals surface area contributed by atoms with Gasteiger partial charge in [0.15, 0.2) is 0 Å². The topological polar surface area (TPSA) is 108 Å². The molecule has 5 amide bonds. The van der Waals surface area contributed by atoms with Crippen molar-refractivity contribution in [3.8, 4) is 0 Å².